The van der Waals surface area contributed by atoms with Crippen molar-refractivity contribution in [3.05, 3.63) is 68.7 Å². The molecule has 0 radical (unpaired) electrons. The molecule has 0 fully saturated rings. The molecular formula is C18H8Cl2O4. The van der Waals surface area contributed by atoms with E-state index < -0.39 is 11.6 Å². The van der Waals surface area contributed by atoms with E-state index in [1.807, 2.05) is 0 Å². The predicted octanol–water partition coefficient (Wildman–Crippen LogP) is 4.33. The van der Waals surface area contributed by atoms with Crippen molar-refractivity contribution in [2.75, 3.05) is 0 Å². The van der Waals surface area contributed by atoms with Crippen LogP contribution < -0.4 is 0 Å². The first-order valence-electron chi connectivity index (χ1n) is 6.97. The average Bonchev–Trinajstić information content (AvgIpc) is 2.57. The molecule has 3 aromatic carbocycles. The summed E-state index contributed by atoms with van der Waals surface area (Å²) in [6.07, 6.45) is 0. The standard InChI is InChI=1S/C18H8Cl2O4/c19-11-5-9-10(6-12(11)20)18(24)14-13(17(9)23)15(21)7-3-1-2-4-8(7)16(14)22/h1-6,21-22H. The fourth-order valence-electron chi connectivity index (χ4n) is 3.04. The Morgan fingerprint density at radius 1 is 0.708 bits per heavy atom. The molecule has 3 aromatic rings. The Labute approximate surface area is 145 Å². The summed E-state index contributed by atoms with van der Waals surface area (Å²) in [6, 6.07) is 9.04. The van der Waals surface area contributed by atoms with Crippen LogP contribution in [0.2, 0.25) is 10.0 Å². The molecule has 0 unspecified atom stereocenters. The number of benzene rings is 3. The maximum absolute atomic E-state index is 12.8. The lowest BCUT2D eigenvalue weighted by Gasteiger charge is -2.21. The number of carbonyl (C=O) groups is 2. The highest BCUT2D eigenvalue weighted by Gasteiger charge is 2.36. The zero-order chi connectivity index (χ0) is 17.2. The van der Waals surface area contributed by atoms with Crippen LogP contribution in [0, 0.1) is 0 Å². The molecule has 118 valence electrons. The minimum absolute atomic E-state index is 0.0480. The van der Waals surface area contributed by atoms with Gasteiger partial charge in [0, 0.05) is 21.9 Å². The molecule has 1 aliphatic carbocycles. The molecule has 1 aliphatic rings. The van der Waals surface area contributed by atoms with Crippen LogP contribution in [-0.4, -0.2) is 21.8 Å². The van der Waals surface area contributed by atoms with E-state index in [4.69, 9.17) is 23.2 Å². The molecule has 0 spiro atoms. The number of ketones is 2. The molecule has 0 heterocycles. The van der Waals surface area contributed by atoms with Gasteiger partial charge in [-0.3, -0.25) is 9.59 Å². The average molecular weight is 359 g/mol. The number of hydrogen-bond acceptors (Lipinski definition) is 4. The van der Waals surface area contributed by atoms with Gasteiger partial charge in [-0.1, -0.05) is 47.5 Å². The van der Waals surface area contributed by atoms with Crippen molar-refractivity contribution in [3.63, 3.8) is 0 Å². The Morgan fingerprint density at radius 2 is 1.08 bits per heavy atom. The van der Waals surface area contributed by atoms with Gasteiger partial charge in [-0.25, -0.2) is 0 Å². The second-order valence-corrected chi connectivity index (χ2v) is 6.28. The van der Waals surface area contributed by atoms with E-state index >= 15 is 0 Å². The minimum atomic E-state index is -0.586. The number of rotatable bonds is 0. The minimum Gasteiger partial charge on any atom is -0.506 e. The van der Waals surface area contributed by atoms with E-state index in [2.05, 4.69) is 0 Å². The highest BCUT2D eigenvalue weighted by Crippen LogP contribution is 2.45. The normalized spacial score (nSPS) is 13.1. The summed E-state index contributed by atoms with van der Waals surface area (Å²) in [7, 11) is 0. The van der Waals surface area contributed by atoms with Crippen LogP contribution in [0.1, 0.15) is 31.8 Å². The molecule has 0 aliphatic heterocycles. The largest absolute Gasteiger partial charge is 0.506 e. The van der Waals surface area contributed by atoms with Crippen LogP contribution in [0.5, 0.6) is 11.5 Å². The van der Waals surface area contributed by atoms with Crippen LogP contribution in [0.4, 0.5) is 0 Å². The van der Waals surface area contributed by atoms with Crippen molar-refractivity contribution in [2.45, 2.75) is 0 Å². The SMILES string of the molecule is O=C1c2cc(Cl)c(Cl)cc2C(=O)c2c1c(O)c1ccccc1c2O. The summed E-state index contributed by atoms with van der Waals surface area (Å²) in [5.41, 5.74) is -0.344. The fourth-order valence-corrected chi connectivity index (χ4v) is 3.36. The maximum Gasteiger partial charge on any atom is 0.198 e. The lowest BCUT2D eigenvalue weighted by atomic mass is 9.81. The van der Waals surface area contributed by atoms with E-state index in [1.54, 1.807) is 24.3 Å². The van der Waals surface area contributed by atoms with Gasteiger partial charge >= 0.3 is 0 Å². The molecule has 4 nitrogen and oxygen atoms in total. The van der Waals surface area contributed by atoms with Crippen molar-refractivity contribution >= 4 is 45.5 Å². The second-order valence-electron chi connectivity index (χ2n) is 5.46. The van der Waals surface area contributed by atoms with Gasteiger partial charge in [-0.15, -0.1) is 0 Å². The van der Waals surface area contributed by atoms with Crippen molar-refractivity contribution in [1.82, 2.24) is 0 Å². The van der Waals surface area contributed by atoms with Gasteiger partial charge in [0.1, 0.15) is 11.5 Å². The van der Waals surface area contributed by atoms with Crippen LogP contribution >= 0.6 is 23.2 Å². The van der Waals surface area contributed by atoms with Crippen LogP contribution in [0.15, 0.2) is 36.4 Å². The van der Waals surface area contributed by atoms with Gasteiger partial charge in [-0.05, 0) is 12.1 Å². The quantitative estimate of drug-likeness (QED) is 0.458. The summed E-state index contributed by atoms with van der Waals surface area (Å²) in [5, 5.41) is 21.9. The highest BCUT2D eigenvalue weighted by atomic mass is 35.5. The zero-order valence-corrected chi connectivity index (χ0v) is 13.4. The van der Waals surface area contributed by atoms with Gasteiger partial charge in [0.15, 0.2) is 11.6 Å². The van der Waals surface area contributed by atoms with Crippen LogP contribution in [-0.2, 0) is 0 Å². The van der Waals surface area contributed by atoms with Crippen molar-refractivity contribution in [2.24, 2.45) is 0 Å². The van der Waals surface area contributed by atoms with Gasteiger partial charge in [0.25, 0.3) is 0 Å². The molecular weight excluding hydrogens is 351 g/mol. The number of aromatic hydroxyl groups is 2. The summed E-state index contributed by atoms with van der Waals surface area (Å²) < 4.78 is 0. The summed E-state index contributed by atoms with van der Waals surface area (Å²) in [5.74, 6) is -1.85. The first kappa shape index (κ1) is 15.0. The van der Waals surface area contributed by atoms with Gasteiger partial charge < -0.3 is 10.2 Å². The molecule has 6 heteroatoms. The Bertz CT molecular complexity index is 1000. The molecule has 2 N–H and O–H groups in total. The lowest BCUT2D eigenvalue weighted by molar-refractivity contribution is 0.0974. The number of fused-ring (bicyclic) bond motifs is 3. The maximum atomic E-state index is 12.8. The van der Waals surface area contributed by atoms with E-state index in [0.717, 1.165) is 0 Å². The number of phenolic OH excluding ortho intramolecular Hbond substituents is 2. The smallest absolute Gasteiger partial charge is 0.198 e. The van der Waals surface area contributed by atoms with Gasteiger partial charge in [0.2, 0.25) is 0 Å². The number of carbonyl (C=O) groups excluding carboxylic acids is 2. The molecule has 0 saturated heterocycles. The molecule has 24 heavy (non-hydrogen) atoms. The third kappa shape index (κ3) is 1.81. The molecule has 0 atom stereocenters. The monoisotopic (exact) mass is 358 g/mol. The Hall–Kier alpha value is -2.56. The Balaban J connectivity index is 2.16. The van der Waals surface area contributed by atoms with Gasteiger partial charge in [0.05, 0.1) is 21.2 Å². The predicted molar refractivity (Wildman–Crippen MR) is 90.6 cm³/mol. The summed E-state index contributed by atoms with van der Waals surface area (Å²) >= 11 is 11.9. The Morgan fingerprint density at radius 3 is 1.46 bits per heavy atom. The number of hydrogen-bond donors (Lipinski definition) is 2. The summed E-state index contributed by atoms with van der Waals surface area (Å²) in [4.78, 5) is 25.6. The van der Waals surface area contributed by atoms with Crippen molar-refractivity contribution in [1.29, 1.82) is 0 Å². The molecule has 0 bridgehead atoms. The third-order valence-electron chi connectivity index (χ3n) is 4.16. The van der Waals surface area contributed by atoms with Crippen LogP contribution in [0.25, 0.3) is 10.8 Å². The number of phenols is 2. The molecule has 0 saturated carbocycles. The van der Waals surface area contributed by atoms with E-state index in [9.17, 15) is 19.8 Å². The van der Waals surface area contributed by atoms with E-state index in [1.165, 1.54) is 12.1 Å². The Kier molecular flexibility index (Phi) is 3.10. The molecule has 4 rings (SSSR count). The molecule has 0 amide bonds. The van der Waals surface area contributed by atoms with E-state index in [0.29, 0.717) is 10.8 Å². The second kappa shape index (κ2) is 4.97. The first-order chi connectivity index (χ1) is 11.4. The zero-order valence-electron chi connectivity index (χ0n) is 11.9. The van der Waals surface area contributed by atoms with Crippen molar-refractivity contribution < 1.29 is 19.8 Å². The highest BCUT2D eigenvalue weighted by molar-refractivity contribution is 6.43. The third-order valence-corrected chi connectivity index (χ3v) is 4.89. The topological polar surface area (TPSA) is 74.6 Å². The molecule has 0 aromatic heterocycles. The van der Waals surface area contributed by atoms with Crippen LogP contribution in [0.3, 0.4) is 0 Å². The first-order valence-corrected chi connectivity index (χ1v) is 7.72. The summed E-state index contributed by atoms with van der Waals surface area (Å²) in [6.45, 7) is 0. The lowest BCUT2D eigenvalue weighted by Crippen LogP contribution is -2.21. The van der Waals surface area contributed by atoms with Gasteiger partial charge in [-0.2, -0.15) is 0 Å². The van der Waals surface area contributed by atoms with Crippen molar-refractivity contribution in [3.8, 4) is 11.5 Å². The van der Waals surface area contributed by atoms with E-state index in [-0.39, 0.29) is 43.8 Å². The number of halogens is 2. The fraction of sp³-hybridized carbons (Fsp3) is 0.